The van der Waals surface area contributed by atoms with Gasteiger partial charge < -0.3 is 14.6 Å². The van der Waals surface area contributed by atoms with Crippen molar-refractivity contribution < 1.29 is 4.42 Å². The minimum absolute atomic E-state index is 0.122. The molecule has 0 aromatic carbocycles. The van der Waals surface area contributed by atoms with Gasteiger partial charge in [0.25, 0.3) is 0 Å². The first-order valence-corrected chi connectivity index (χ1v) is 6.54. The summed E-state index contributed by atoms with van der Waals surface area (Å²) in [7, 11) is 0. The van der Waals surface area contributed by atoms with Gasteiger partial charge >= 0.3 is 6.01 Å². The Labute approximate surface area is 104 Å². The summed E-state index contributed by atoms with van der Waals surface area (Å²) in [5.41, 5.74) is 0. The van der Waals surface area contributed by atoms with Crippen molar-refractivity contribution in [3.63, 3.8) is 0 Å². The van der Waals surface area contributed by atoms with E-state index in [4.69, 9.17) is 4.42 Å². The van der Waals surface area contributed by atoms with E-state index in [0.29, 0.717) is 11.9 Å². The van der Waals surface area contributed by atoms with Crippen LogP contribution in [0.1, 0.15) is 52.5 Å². The van der Waals surface area contributed by atoms with E-state index < -0.39 is 0 Å². The van der Waals surface area contributed by atoms with Crippen LogP contribution >= 0.6 is 0 Å². The van der Waals surface area contributed by atoms with Crippen LogP contribution in [-0.2, 0) is 0 Å². The summed E-state index contributed by atoms with van der Waals surface area (Å²) in [6.07, 6.45) is 2.18. The molecule has 1 unspecified atom stereocenters. The predicted molar refractivity (Wildman–Crippen MR) is 69.2 cm³/mol. The zero-order valence-electron chi connectivity index (χ0n) is 11.4. The first-order chi connectivity index (χ1) is 8.22. The van der Waals surface area contributed by atoms with E-state index in [-0.39, 0.29) is 6.04 Å². The molecular weight excluding hydrogens is 216 g/mol. The van der Waals surface area contributed by atoms with E-state index in [9.17, 15) is 0 Å². The first kappa shape index (κ1) is 14.0. The standard InChI is InChI=1S/C12H24N4O/c1-5-8-13-10(4)11-14-15-12(17-11)16(7-3)9-6-2/h10,13H,5-9H2,1-4H3. The van der Waals surface area contributed by atoms with Crippen molar-refractivity contribution in [2.75, 3.05) is 24.5 Å². The normalized spacial score (nSPS) is 12.7. The summed E-state index contributed by atoms with van der Waals surface area (Å²) in [6.45, 7) is 11.2. The highest BCUT2D eigenvalue weighted by Gasteiger charge is 2.16. The van der Waals surface area contributed by atoms with Crippen molar-refractivity contribution in [2.24, 2.45) is 0 Å². The monoisotopic (exact) mass is 240 g/mol. The Morgan fingerprint density at radius 1 is 1.24 bits per heavy atom. The summed E-state index contributed by atoms with van der Waals surface area (Å²) in [6, 6.07) is 0.756. The van der Waals surface area contributed by atoms with Crippen molar-refractivity contribution >= 4 is 6.01 Å². The Hall–Kier alpha value is -1.10. The largest absolute Gasteiger partial charge is 0.406 e. The van der Waals surface area contributed by atoms with E-state index in [1.807, 2.05) is 6.92 Å². The lowest BCUT2D eigenvalue weighted by atomic mass is 10.3. The van der Waals surface area contributed by atoms with Gasteiger partial charge in [-0.25, -0.2) is 0 Å². The molecule has 0 amide bonds. The molecule has 0 aliphatic carbocycles. The van der Waals surface area contributed by atoms with Crippen molar-refractivity contribution in [1.82, 2.24) is 15.5 Å². The second-order valence-electron chi connectivity index (χ2n) is 4.18. The molecule has 1 aromatic rings. The third-order valence-electron chi connectivity index (χ3n) is 2.65. The average molecular weight is 240 g/mol. The molecule has 0 bridgehead atoms. The van der Waals surface area contributed by atoms with E-state index in [1.54, 1.807) is 0 Å². The van der Waals surface area contributed by atoms with E-state index in [2.05, 4.69) is 41.2 Å². The molecule has 5 nitrogen and oxygen atoms in total. The van der Waals surface area contributed by atoms with Gasteiger partial charge in [0.05, 0.1) is 6.04 Å². The van der Waals surface area contributed by atoms with Crippen LogP contribution in [0.2, 0.25) is 0 Å². The number of nitrogens with zero attached hydrogens (tertiary/aromatic N) is 3. The van der Waals surface area contributed by atoms with Crippen LogP contribution in [0, 0.1) is 0 Å². The Balaban J connectivity index is 2.62. The van der Waals surface area contributed by atoms with Gasteiger partial charge in [0, 0.05) is 13.1 Å². The van der Waals surface area contributed by atoms with Crippen LogP contribution < -0.4 is 10.2 Å². The number of rotatable bonds is 8. The fourth-order valence-corrected chi connectivity index (χ4v) is 1.64. The minimum Gasteiger partial charge on any atom is -0.406 e. The fraction of sp³-hybridized carbons (Fsp3) is 0.833. The Bertz CT molecular complexity index is 313. The molecule has 98 valence electrons. The Kier molecular flexibility index (Phi) is 5.97. The fourth-order valence-electron chi connectivity index (χ4n) is 1.64. The second kappa shape index (κ2) is 7.27. The van der Waals surface area contributed by atoms with Crippen LogP contribution in [-0.4, -0.2) is 29.8 Å². The Morgan fingerprint density at radius 3 is 2.59 bits per heavy atom. The molecule has 1 N–H and O–H groups in total. The molecule has 1 aromatic heterocycles. The van der Waals surface area contributed by atoms with Gasteiger partial charge in [0.1, 0.15) is 0 Å². The molecule has 0 radical (unpaired) electrons. The lowest BCUT2D eigenvalue weighted by Crippen LogP contribution is -2.23. The molecule has 0 aliphatic heterocycles. The first-order valence-electron chi connectivity index (χ1n) is 6.54. The van der Waals surface area contributed by atoms with Gasteiger partial charge in [-0.05, 0) is 33.2 Å². The second-order valence-corrected chi connectivity index (χ2v) is 4.18. The highest BCUT2D eigenvalue weighted by molar-refractivity contribution is 5.23. The van der Waals surface area contributed by atoms with Crippen LogP contribution in [0.3, 0.4) is 0 Å². The SMILES string of the molecule is CCCNC(C)c1nnc(N(CC)CCC)o1. The summed E-state index contributed by atoms with van der Waals surface area (Å²) >= 11 is 0. The summed E-state index contributed by atoms with van der Waals surface area (Å²) < 4.78 is 5.69. The highest BCUT2D eigenvalue weighted by atomic mass is 16.4. The molecule has 0 aliphatic rings. The van der Waals surface area contributed by atoms with E-state index in [1.165, 1.54) is 0 Å². The lowest BCUT2D eigenvalue weighted by molar-refractivity contribution is 0.414. The zero-order valence-corrected chi connectivity index (χ0v) is 11.4. The smallest absolute Gasteiger partial charge is 0.318 e. The van der Waals surface area contributed by atoms with Gasteiger partial charge in [0.2, 0.25) is 5.89 Å². The van der Waals surface area contributed by atoms with Crippen LogP contribution in [0.15, 0.2) is 4.42 Å². The van der Waals surface area contributed by atoms with Crippen molar-refractivity contribution in [2.45, 2.75) is 46.6 Å². The third-order valence-corrected chi connectivity index (χ3v) is 2.65. The molecule has 1 atom stereocenters. The van der Waals surface area contributed by atoms with E-state index >= 15 is 0 Å². The van der Waals surface area contributed by atoms with Crippen LogP contribution in [0.4, 0.5) is 6.01 Å². The van der Waals surface area contributed by atoms with Crippen LogP contribution in [0.5, 0.6) is 0 Å². The maximum Gasteiger partial charge on any atom is 0.318 e. The molecule has 17 heavy (non-hydrogen) atoms. The molecule has 1 heterocycles. The predicted octanol–water partition coefficient (Wildman–Crippen LogP) is 2.37. The lowest BCUT2D eigenvalue weighted by Gasteiger charge is -2.16. The number of hydrogen-bond acceptors (Lipinski definition) is 5. The summed E-state index contributed by atoms with van der Waals surface area (Å²) in [5.74, 6) is 0.669. The minimum atomic E-state index is 0.122. The Morgan fingerprint density at radius 2 is 2.00 bits per heavy atom. The molecular formula is C12H24N4O. The quantitative estimate of drug-likeness (QED) is 0.756. The molecule has 0 saturated heterocycles. The molecule has 0 saturated carbocycles. The zero-order chi connectivity index (χ0) is 12.7. The number of nitrogens with one attached hydrogen (secondary N) is 1. The molecule has 5 heteroatoms. The van der Waals surface area contributed by atoms with Crippen molar-refractivity contribution in [3.05, 3.63) is 5.89 Å². The van der Waals surface area contributed by atoms with Crippen molar-refractivity contribution in [1.29, 1.82) is 0 Å². The maximum absolute atomic E-state index is 5.69. The molecule has 1 rings (SSSR count). The van der Waals surface area contributed by atoms with E-state index in [0.717, 1.165) is 32.5 Å². The van der Waals surface area contributed by atoms with Gasteiger partial charge in [-0.1, -0.05) is 18.9 Å². The number of aromatic nitrogens is 2. The van der Waals surface area contributed by atoms with Gasteiger partial charge in [-0.2, -0.15) is 0 Å². The average Bonchev–Trinajstić information content (AvgIpc) is 2.82. The number of anilines is 1. The van der Waals surface area contributed by atoms with Crippen molar-refractivity contribution in [3.8, 4) is 0 Å². The maximum atomic E-state index is 5.69. The van der Waals surface area contributed by atoms with Gasteiger partial charge in [-0.3, -0.25) is 0 Å². The summed E-state index contributed by atoms with van der Waals surface area (Å²) in [4.78, 5) is 2.10. The van der Waals surface area contributed by atoms with Crippen LogP contribution in [0.25, 0.3) is 0 Å². The molecule has 0 fully saturated rings. The third kappa shape index (κ3) is 4.00. The topological polar surface area (TPSA) is 54.2 Å². The summed E-state index contributed by atoms with van der Waals surface area (Å²) in [5, 5.41) is 11.5. The van der Waals surface area contributed by atoms with Gasteiger partial charge in [-0.15, -0.1) is 5.10 Å². The van der Waals surface area contributed by atoms with Gasteiger partial charge in [0.15, 0.2) is 0 Å². The highest BCUT2D eigenvalue weighted by Crippen LogP contribution is 2.17. The number of hydrogen-bond donors (Lipinski definition) is 1. The molecule has 0 spiro atoms.